The molecule has 0 aromatic heterocycles. The summed E-state index contributed by atoms with van der Waals surface area (Å²) >= 11 is 0. The fraction of sp³-hybridized carbons (Fsp3) is 1.00. The van der Waals surface area contributed by atoms with E-state index in [1.807, 2.05) is 0 Å². The van der Waals surface area contributed by atoms with Gasteiger partial charge in [-0.1, -0.05) is 20.3 Å². The Hall–Kier alpha value is -0.120. The topological polar surface area (TPSA) is 24.5 Å². The molecular formula is C13H28N2O. The fourth-order valence-electron chi connectivity index (χ4n) is 2.19. The Bertz CT molecular complexity index is 156. The van der Waals surface area contributed by atoms with E-state index in [-0.39, 0.29) is 0 Å². The lowest BCUT2D eigenvalue weighted by molar-refractivity contribution is 0.0902. The summed E-state index contributed by atoms with van der Waals surface area (Å²) in [4.78, 5) is 2.53. The van der Waals surface area contributed by atoms with Gasteiger partial charge in [0.1, 0.15) is 0 Å². The predicted octanol–water partition coefficient (Wildman–Crippen LogP) is 1.88. The van der Waals surface area contributed by atoms with Crippen molar-refractivity contribution in [1.82, 2.24) is 10.2 Å². The van der Waals surface area contributed by atoms with Crippen molar-refractivity contribution in [2.75, 3.05) is 39.4 Å². The Labute approximate surface area is 101 Å². The first-order valence-corrected chi connectivity index (χ1v) is 6.90. The minimum atomic E-state index is 0.752. The van der Waals surface area contributed by atoms with E-state index >= 15 is 0 Å². The zero-order valence-corrected chi connectivity index (χ0v) is 11.0. The van der Waals surface area contributed by atoms with Crippen LogP contribution >= 0.6 is 0 Å². The van der Waals surface area contributed by atoms with E-state index in [1.165, 1.54) is 38.8 Å². The molecule has 16 heavy (non-hydrogen) atoms. The van der Waals surface area contributed by atoms with Gasteiger partial charge in [-0.05, 0) is 38.9 Å². The largest absolute Gasteiger partial charge is 0.380 e. The van der Waals surface area contributed by atoms with E-state index < -0.39 is 0 Å². The van der Waals surface area contributed by atoms with Gasteiger partial charge in [0, 0.05) is 19.2 Å². The Morgan fingerprint density at radius 2 is 1.94 bits per heavy atom. The zero-order chi connectivity index (χ0) is 11.6. The number of rotatable bonds is 8. The molecule has 0 amide bonds. The van der Waals surface area contributed by atoms with E-state index in [1.54, 1.807) is 0 Å². The van der Waals surface area contributed by atoms with Crippen LogP contribution in [0.5, 0.6) is 0 Å². The van der Waals surface area contributed by atoms with Crippen molar-refractivity contribution < 1.29 is 4.74 Å². The first-order chi connectivity index (χ1) is 7.86. The second-order valence-electron chi connectivity index (χ2n) is 4.64. The van der Waals surface area contributed by atoms with Gasteiger partial charge in [-0.3, -0.25) is 0 Å². The van der Waals surface area contributed by atoms with E-state index in [0.717, 1.165) is 32.3 Å². The Morgan fingerprint density at radius 1 is 1.19 bits per heavy atom. The molecule has 1 aliphatic heterocycles. The number of piperidine rings is 1. The van der Waals surface area contributed by atoms with Crippen molar-refractivity contribution >= 4 is 0 Å². The molecule has 1 heterocycles. The molecule has 0 aliphatic carbocycles. The molecule has 0 saturated carbocycles. The lowest BCUT2D eigenvalue weighted by Crippen LogP contribution is -2.43. The molecule has 3 nitrogen and oxygen atoms in total. The standard InChI is InChI=1S/C13H28N2O/c1-3-5-11-16-12-10-15-8-6-13(7-9-15)14-4-2/h13-14H,3-12H2,1-2H3. The highest BCUT2D eigenvalue weighted by atomic mass is 16.5. The summed E-state index contributed by atoms with van der Waals surface area (Å²) in [5.74, 6) is 0. The van der Waals surface area contributed by atoms with E-state index in [2.05, 4.69) is 24.1 Å². The van der Waals surface area contributed by atoms with Crippen LogP contribution in [0.3, 0.4) is 0 Å². The Kier molecular flexibility index (Phi) is 7.81. The van der Waals surface area contributed by atoms with Crippen LogP contribution in [0.1, 0.15) is 39.5 Å². The van der Waals surface area contributed by atoms with Crippen molar-refractivity contribution in [1.29, 1.82) is 0 Å². The van der Waals surface area contributed by atoms with E-state index in [0.29, 0.717) is 0 Å². The fourth-order valence-corrected chi connectivity index (χ4v) is 2.19. The molecule has 0 spiro atoms. The van der Waals surface area contributed by atoms with Crippen molar-refractivity contribution in [2.45, 2.75) is 45.6 Å². The van der Waals surface area contributed by atoms with Crippen molar-refractivity contribution in [2.24, 2.45) is 0 Å². The second kappa shape index (κ2) is 8.97. The van der Waals surface area contributed by atoms with Crippen LogP contribution in [-0.2, 0) is 4.74 Å². The molecule has 0 bridgehead atoms. The maximum Gasteiger partial charge on any atom is 0.0593 e. The summed E-state index contributed by atoms with van der Waals surface area (Å²) in [6, 6.07) is 0.752. The SMILES string of the molecule is CCCCOCCN1CCC(NCC)CC1. The number of hydrogen-bond acceptors (Lipinski definition) is 3. The summed E-state index contributed by atoms with van der Waals surface area (Å²) < 4.78 is 5.59. The van der Waals surface area contributed by atoms with Crippen LogP contribution in [0.15, 0.2) is 0 Å². The Balaban J connectivity index is 1.95. The van der Waals surface area contributed by atoms with Crippen molar-refractivity contribution in [3.8, 4) is 0 Å². The maximum absolute atomic E-state index is 5.59. The van der Waals surface area contributed by atoms with Gasteiger partial charge in [-0.15, -0.1) is 0 Å². The third-order valence-electron chi connectivity index (χ3n) is 3.27. The number of nitrogens with zero attached hydrogens (tertiary/aromatic N) is 1. The average molecular weight is 228 g/mol. The van der Waals surface area contributed by atoms with Crippen molar-refractivity contribution in [3.63, 3.8) is 0 Å². The maximum atomic E-state index is 5.59. The first-order valence-electron chi connectivity index (χ1n) is 6.90. The lowest BCUT2D eigenvalue weighted by atomic mass is 10.1. The summed E-state index contributed by atoms with van der Waals surface area (Å²) in [5, 5.41) is 3.53. The van der Waals surface area contributed by atoms with Crippen molar-refractivity contribution in [3.05, 3.63) is 0 Å². The van der Waals surface area contributed by atoms with Crippen LogP contribution in [0.2, 0.25) is 0 Å². The van der Waals surface area contributed by atoms with Crippen LogP contribution in [-0.4, -0.2) is 50.3 Å². The van der Waals surface area contributed by atoms with E-state index in [9.17, 15) is 0 Å². The van der Waals surface area contributed by atoms with Gasteiger partial charge >= 0.3 is 0 Å². The monoisotopic (exact) mass is 228 g/mol. The molecule has 3 heteroatoms. The van der Waals surface area contributed by atoms with Gasteiger partial charge in [-0.25, -0.2) is 0 Å². The second-order valence-corrected chi connectivity index (χ2v) is 4.64. The number of likely N-dealkylation sites (tertiary alicyclic amines) is 1. The molecule has 1 rings (SSSR count). The van der Waals surface area contributed by atoms with Gasteiger partial charge in [-0.2, -0.15) is 0 Å². The molecule has 1 aliphatic rings. The minimum Gasteiger partial charge on any atom is -0.380 e. The molecular weight excluding hydrogens is 200 g/mol. The number of hydrogen-bond donors (Lipinski definition) is 1. The van der Waals surface area contributed by atoms with E-state index in [4.69, 9.17) is 4.74 Å². The molecule has 0 aromatic rings. The van der Waals surface area contributed by atoms with Gasteiger partial charge in [0.15, 0.2) is 0 Å². The molecule has 0 aromatic carbocycles. The number of ether oxygens (including phenoxy) is 1. The van der Waals surface area contributed by atoms with Gasteiger partial charge < -0.3 is 15.0 Å². The highest BCUT2D eigenvalue weighted by molar-refractivity contribution is 4.76. The predicted molar refractivity (Wildman–Crippen MR) is 68.9 cm³/mol. The smallest absolute Gasteiger partial charge is 0.0593 e. The van der Waals surface area contributed by atoms with Crippen LogP contribution in [0.25, 0.3) is 0 Å². The van der Waals surface area contributed by atoms with Gasteiger partial charge in [0.25, 0.3) is 0 Å². The van der Waals surface area contributed by atoms with Crippen LogP contribution < -0.4 is 5.32 Å². The molecule has 0 atom stereocenters. The summed E-state index contributed by atoms with van der Waals surface area (Å²) in [6.45, 7) is 10.9. The third kappa shape index (κ3) is 5.83. The lowest BCUT2D eigenvalue weighted by Gasteiger charge is -2.32. The quantitative estimate of drug-likeness (QED) is 0.642. The normalized spacial score (nSPS) is 19.1. The number of nitrogens with one attached hydrogen (secondary N) is 1. The average Bonchev–Trinajstić information content (AvgIpc) is 2.31. The third-order valence-corrected chi connectivity index (χ3v) is 3.27. The van der Waals surface area contributed by atoms with Gasteiger partial charge in [0.05, 0.1) is 6.61 Å². The molecule has 1 N–H and O–H groups in total. The summed E-state index contributed by atoms with van der Waals surface area (Å²) in [7, 11) is 0. The van der Waals surface area contributed by atoms with Gasteiger partial charge in [0.2, 0.25) is 0 Å². The first kappa shape index (κ1) is 13.9. The Morgan fingerprint density at radius 3 is 2.56 bits per heavy atom. The zero-order valence-electron chi connectivity index (χ0n) is 11.0. The summed E-state index contributed by atoms with van der Waals surface area (Å²) in [6.07, 6.45) is 5.02. The summed E-state index contributed by atoms with van der Waals surface area (Å²) in [5.41, 5.74) is 0. The minimum absolute atomic E-state index is 0.752. The van der Waals surface area contributed by atoms with Crippen LogP contribution in [0.4, 0.5) is 0 Å². The molecule has 1 fully saturated rings. The highest BCUT2D eigenvalue weighted by Gasteiger charge is 2.17. The highest BCUT2D eigenvalue weighted by Crippen LogP contribution is 2.09. The van der Waals surface area contributed by atoms with Crippen LogP contribution in [0, 0.1) is 0 Å². The number of unbranched alkanes of at least 4 members (excludes halogenated alkanes) is 1. The molecule has 0 unspecified atom stereocenters. The molecule has 1 saturated heterocycles. The molecule has 96 valence electrons. The molecule has 0 radical (unpaired) electrons.